The number of piperazine rings is 1. The van der Waals surface area contributed by atoms with Gasteiger partial charge in [-0.3, -0.25) is 0 Å². The Balaban J connectivity index is 1.35. The fourth-order valence-electron chi connectivity index (χ4n) is 5.11. The number of rotatable bonds is 3. The summed E-state index contributed by atoms with van der Waals surface area (Å²) < 4.78 is 35.4. The van der Waals surface area contributed by atoms with E-state index in [0.29, 0.717) is 39.3 Å². The van der Waals surface area contributed by atoms with Crippen LogP contribution < -0.4 is 4.90 Å². The van der Waals surface area contributed by atoms with E-state index in [1.165, 1.54) is 22.2 Å². The molecule has 8 nitrogen and oxygen atoms in total. The molecule has 0 radical (unpaired) electrons. The molecule has 2 aliphatic heterocycles. The van der Waals surface area contributed by atoms with Crippen LogP contribution in [0.1, 0.15) is 37.6 Å². The van der Waals surface area contributed by atoms with Gasteiger partial charge in [0.25, 0.3) is 10.2 Å². The molecule has 3 unspecified atom stereocenters. The molecule has 3 aliphatic rings. The molecule has 1 aliphatic carbocycles. The van der Waals surface area contributed by atoms with Gasteiger partial charge < -0.3 is 9.64 Å². The van der Waals surface area contributed by atoms with Crippen LogP contribution in [0.5, 0.6) is 0 Å². The number of fused-ring (bicyclic) bond motifs is 3. The number of hydrogen-bond donors (Lipinski definition) is 0. The van der Waals surface area contributed by atoms with Gasteiger partial charge in [-0.15, -0.1) is 11.3 Å². The zero-order chi connectivity index (χ0) is 21.8. The predicted molar refractivity (Wildman–Crippen MR) is 123 cm³/mol. The standard InChI is InChI=1S/C21H31N5O3S2/c1-14-4-5-17-18(10-14)30-21-19(17)20(22-13-23-21)24-6-8-25(9-7-24)31(27,28)26-11-15(2)29-16(3)12-26/h13-16H,4-12H2,1-3H3. The van der Waals surface area contributed by atoms with Gasteiger partial charge in [0.2, 0.25) is 0 Å². The van der Waals surface area contributed by atoms with Crippen LogP contribution in [0.3, 0.4) is 0 Å². The van der Waals surface area contributed by atoms with E-state index >= 15 is 0 Å². The van der Waals surface area contributed by atoms with E-state index < -0.39 is 10.2 Å². The number of aryl methyl sites for hydroxylation is 1. The number of aromatic nitrogens is 2. The molecular formula is C21H31N5O3S2. The van der Waals surface area contributed by atoms with Crippen LogP contribution in [0.15, 0.2) is 6.33 Å². The molecule has 0 aromatic carbocycles. The minimum absolute atomic E-state index is 0.0818. The number of morpholine rings is 1. The molecule has 0 N–H and O–H groups in total. The summed E-state index contributed by atoms with van der Waals surface area (Å²) >= 11 is 1.80. The van der Waals surface area contributed by atoms with Crippen molar-refractivity contribution in [1.29, 1.82) is 0 Å². The highest BCUT2D eigenvalue weighted by Gasteiger charge is 2.37. The van der Waals surface area contributed by atoms with Gasteiger partial charge >= 0.3 is 0 Å². The van der Waals surface area contributed by atoms with Gasteiger partial charge in [-0.2, -0.15) is 17.0 Å². The highest BCUT2D eigenvalue weighted by Crippen LogP contribution is 2.40. The summed E-state index contributed by atoms with van der Waals surface area (Å²) in [5, 5.41) is 1.20. The van der Waals surface area contributed by atoms with E-state index in [0.717, 1.165) is 29.4 Å². The number of hydrogen-bond acceptors (Lipinski definition) is 7. The summed E-state index contributed by atoms with van der Waals surface area (Å²) in [4.78, 5) is 14.0. The zero-order valence-electron chi connectivity index (χ0n) is 18.5. The van der Waals surface area contributed by atoms with Crippen LogP contribution in [-0.4, -0.2) is 78.5 Å². The summed E-state index contributed by atoms with van der Waals surface area (Å²) in [5.74, 6) is 1.69. The third-order valence-electron chi connectivity index (χ3n) is 6.65. The van der Waals surface area contributed by atoms with Gasteiger partial charge in [0.15, 0.2) is 0 Å². The van der Waals surface area contributed by atoms with Crippen molar-refractivity contribution in [3.8, 4) is 0 Å². The topological polar surface area (TPSA) is 78.9 Å². The lowest BCUT2D eigenvalue weighted by Gasteiger charge is -2.40. The number of thiophene rings is 1. The molecule has 0 saturated carbocycles. The van der Waals surface area contributed by atoms with Gasteiger partial charge in [-0.25, -0.2) is 9.97 Å². The molecule has 4 heterocycles. The summed E-state index contributed by atoms with van der Waals surface area (Å²) in [6.07, 6.45) is 4.90. The first-order chi connectivity index (χ1) is 14.8. The maximum Gasteiger partial charge on any atom is 0.282 e. The van der Waals surface area contributed by atoms with Crippen LogP contribution >= 0.6 is 11.3 Å². The molecule has 3 atom stereocenters. The van der Waals surface area contributed by atoms with Gasteiger partial charge in [0.1, 0.15) is 17.0 Å². The van der Waals surface area contributed by atoms with Crippen molar-refractivity contribution in [2.45, 2.75) is 52.2 Å². The maximum absolute atomic E-state index is 13.2. The first-order valence-electron chi connectivity index (χ1n) is 11.2. The molecule has 2 saturated heterocycles. The van der Waals surface area contributed by atoms with Crippen molar-refractivity contribution in [3.05, 3.63) is 16.8 Å². The average molecular weight is 466 g/mol. The highest BCUT2D eigenvalue weighted by atomic mass is 32.2. The molecule has 0 amide bonds. The van der Waals surface area contributed by atoms with E-state index in [4.69, 9.17) is 4.74 Å². The molecule has 0 spiro atoms. The molecule has 31 heavy (non-hydrogen) atoms. The summed E-state index contributed by atoms with van der Waals surface area (Å²) in [7, 11) is -3.48. The maximum atomic E-state index is 13.2. The third kappa shape index (κ3) is 3.97. The first-order valence-corrected chi connectivity index (χ1v) is 13.4. The second-order valence-electron chi connectivity index (χ2n) is 9.20. The number of nitrogens with zero attached hydrogens (tertiary/aromatic N) is 5. The average Bonchev–Trinajstić information content (AvgIpc) is 3.10. The van der Waals surface area contributed by atoms with Crippen LogP contribution in [0.4, 0.5) is 5.82 Å². The van der Waals surface area contributed by atoms with Crippen LogP contribution in [-0.2, 0) is 27.8 Å². The van der Waals surface area contributed by atoms with Crippen molar-refractivity contribution in [2.75, 3.05) is 44.2 Å². The summed E-state index contributed by atoms with van der Waals surface area (Å²) in [6, 6.07) is 0. The van der Waals surface area contributed by atoms with E-state index in [1.54, 1.807) is 26.3 Å². The Morgan fingerprint density at radius 2 is 1.74 bits per heavy atom. The Kier molecular flexibility index (Phi) is 5.71. The van der Waals surface area contributed by atoms with Crippen molar-refractivity contribution >= 4 is 37.6 Å². The zero-order valence-corrected chi connectivity index (χ0v) is 20.1. The Bertz CT molecular complexity index is 1050. The van der Waals surface area contributed by atoms with Crippen molar-refractivity contribution in [1.82, 2.24) is 18.6 Å². The minimum Gasteiger partial charge on any atom is -0.373 e. The Labute approximate surface area is 188 Å². The van der Waals surface area contributed by atoms with Crippen molar-refractivity contribution in [3.63, 3.8) is 0 Å². The predicted octanol–water partition coefficient (Wildman–Crippen LogP) is 2.29. The van der Waals surface area contributed by atoms with Crippen molar-refractivity contribution < 1.29 is 13.2 Å². The molecule has 0 bridgehead atoms. The van der Waals surface area contributed by atoms with E-state index in [1.807, 2.05) is 13.8 Å². The Morgan fingerprint density at radius 1 is 1.03 bits per heavy atom. The normalized spacial score (nSPS) is 28.7. The van der Waals surface area contributed by atoms with Crippen molar-refractivity contribution in [2.24, 2.45) is 5.92 Å². The molecular weight excluding hydrogens is 434 g/mol. The smallest absolute Gasteiger partial charge is 0.282 e. The first kappa shape index (κ1) is 21.5. The Hall–Kier alpha value is -1.33. The molecule has 2 aromatic heterocycles. The SMILES string of the molecule is CC1CCc2c(sc3ncnc(N4CCN(S(=O)(=O)N5CC(C)OC(C)C5)CC4)c23)C1. The monoisotopic (exact) mass is 465 g/mol. The van der Waals surface area contributed by atoms with Gasteiger partial charge in [0, 0.05) is 44.1 Å². The minimum atomic E-state index is -3.48. The van der Waals surface area contributed by atoms with Gasteiger partial charge in [-0.1, -0.05) is 6.92 Å². The molecule has 2 aromatic rings. The van der Waals surface area contributed by atoms with E-state index in [2.05, 4.69) is 21.8 Å². The van der Waals surface area contributed by atoms with Crippen LogP contribution in [0, 0.1) is 5.92 Å². The molecule has 10 heteroatoms. The van der Waals surface area contributed by atoms with Crippen LogP contribution in [0.25, 0.3) is 10.2 Å². The summed E-state index contributed by atoms with van der Waals surface area (Å²) in [6.45, 7) is 9.23. The largest absolute Gasteiger partial charge is 0.373 e. The lowest BCUT2D eigenvalue weighted by molar-refractivity contribution is -0.0455. The lowest BCUT2D eigenvalue weighted by atomic mass is 9.89. The third-order valence-corrected chi connectivity index (χ3v) is 9.78. The quantitative estimate of drug-likeness (QED) is 0.692. The lowest BCUT2D eigenvalue weighted by Crippen LogP contribution is -2.57. The fourth-order valence-corrected chi connectivity index (χ4v) is 8.20. The fraction of sp³-hybridized carbons (Fsp3) is 0.714. The number of ether oxygens (including phenoxy) is 1. The highest BCUT2D eigenvalue weighted by molar-refractivity contribution is 7.86. The summed E-state index contributed by atoms with van der Waals surface area (Å²) in [5.41, 5.74) is 1.42. The second kappa shape index (κ2) is 8.22. The second-order valence-corrected chi connectivity index (χ2v) is 12.2. The van der Waals surface area contributed by atoms with Gasteiger partial charge in [-0.05, 0) is 44.6 Å². The van der Waals surface area contributed by atoms with Gasteiger partial charge in [0.05, 0.1) is 17.6 Å². The van der Waals surface area contributed by atoms with E-state index in [-0.39, 0.29) is 12.2 Å². The molecule has 2 fully saturated rings. The number of anilines is 1. The molecule has 170 valence electrons. The van der Waals surface area contributed by atoms with Crippen LogP contribution in [0.2, 0.25) is 0 Å². The molecule has 5 rings (SSSR count). The van der Waals surface area contributed by atoms with E-state index in [9.17, 15) is 8.42 Å². The Morgan fingerprint density at radius 3 is 2.45 bits per heavy atom.